The Morgan fingerprint density at radius 3 is 2.75 bits per heavy atom. The van der Waals surface area contributed by atoms with Gasteiger partial charge in [-0.25, -0.2) is 4.98 Å². The van der Waals surface area contributed by atoms with Crippen LogP contribution in [0.4, 0.5) is 0 Å². The van der Waals surface area contributed by atoms with Crippen LogP contribution in [0, 0.1) is 12.8 Å². The van der Waals surface area contributed by atoms with Crippen molar-refractivity contribution in [1.29, 1.82) is 0 Å². The third kappa shape index (κ3) is 2.76. The topological polar surface area (TPSA) is 45.2 Å². The molecule has 0 unspecified atom stereocenters. The summed E-state index contributed by atoms with van der Waals surface area (Å²) in [6, 6.07) is 8.87. The van der Waals surface area contributed by atoms with Gasteiger partial charge in [0.2, 0.25) is 0 Å². The molecule has 4 nitrogen and oxygen atoms in total. The van der Waals surface area contributed by atoms with E-state index < -0.39 is 0 Å². The van der Waals surface area contributed by atoms with E-state index in [0.29, 0.717) is 16.8 Å². The van der Waals surface area contributed by atoms with Crippen LogP contribution < -0.4 is 5.32 Å². The molecule has 24 heavy (non-hydrogen) atoms. The van der Waals surface area contributed by atoms with Gasteiger partial charge >= 0.3 is 0 Å². The minimum Gasteiger partial charge on any atom is -0.347 e. The number of aryl methyl sites for hydroxylation is 1. The van der Waals surface area contributed by atoms with E-state index in [4.69, 9.17) is 0 Å². The van der Waals surface area contributed by atoms with Crippen LogP contribution in [0.1, 0.15) is 35.0 Å². The number of hydrogen-bond acceptors (Lipinski definition) is 4. The van der Waals surface area contributed by atoms with Gasteiger partial charge in [-0.2, -0.15) is 0 Å². The second-order valence-corrected chi connectivity index (χ2v) is 7.99. The van der Waals surface area contributed by atoms with E-state index in [0.717, 1.165) is 10.6 Å². The van der Waals surface area contributed by atoms with Crippen LogP contribution in [0.5, 0.6) is 0 Å². The first-order valence-corrected chi connectivity index (χ1v) is 9.52. The molecule has 4 heterocycles. The Balaban J connectivity index is 1.51. The number of carbonyl (C=O) groups excluding carboxylic acids is 1. The fraction of sp³-hybridized carbons (Fsp3) is 0.474. The van der Waals surface area contributed by atoms with E-state index in [-0.39, 0.29) is 11.9 Å². The Morgan fingerprint density at radius 1 is 1.29 bits per heavy atom. The van der Waals surface area contributed by atoms with Gasteiger partial charge in [0.25, 0.3) is 5.91 Å². The summed E-state index contributed by atoms with van der Waals surface area (Å²) in [4.78, 5) is 20.4. The van der Waals surface area contributed by atoms with Gasteiger partial charge in [-0.15, -0.1) is 11.3 Å². The number of hydrogen-bond donors (Lipinski definition) is 1. The fourth-order valence-corrected chi connectivity index (χ4v) is 4.99. The van der Waals surface area contributed by atoms with Crippen LogP contribution in [0.3, 0.4) is 0 Å². The van der Waals surface area contributed by atoms with Crippen molar-refractivity contribution in [3.8, 4) is 10.6 Å². The van der Waals surface area contributed by atoms with Gasteiger partial charge in [0, 0.05) is 17.6 Å². The number of thiazole rings is 1. The summed E-state index contributed by atoms with van der Waals surface area (Å²) in [6.45, 7) is 6.67. The molecule has 1 aromatic heterocycles. The summed E-state index contributed by atoms with van der Waals surface area (Å²) in [5.74, 6) is 0.649. The maximum absolute atomic E-state index is 12.7. The predicted octanol–water partition coefficient (Wildman–Crippen LogP) is 3.33. The molecule has 5 rings (SSSR count). The third-order valence-electron chi connectivity index (χ3n) is 5.58. The van der Waals surface area contributed by atoms with Crippen molar-refractivity contribution in [2.45, 2.75) is 38.8 Å². The molecule has 1 aromatic carbocycles. The Kier molecular flexibility index (Phi) is 4.14. The number of piperidine rings is 3. The van der Waals surface area contributed by atoms with Gasteiger partial charge in [0.15, 0.2) is 0 Å². The number of benzene rings is 1. The lowest BCUT2D eigenvalue weighted by molar-refractivity contribution is 0.0218. The van der Waals surface area contributed by atoms with E-state index >= 15 is 0 Å². The van der Waals surface area contributed by atoms with Gasteiger partial charge in [-0.1, -0.05) is 24.3 Å². The molecule has 2 bridgehead atoms. The highest BCUT2D eigenvalue weighted by Gasteiger charge is 2.40. The van der Waals surface area contributed by atoms with Crippen molar-refractivity contribution in [3.63, 3.8) is 0 Å². The van der Waals surface area contributed by atoms with E-state index in [1.54, 1.807) is 6.20 Å². The number of carbonyl (C=O) groups is 1. The molecule has 2 aromatic rings. The van der Waals surface area contributed by atoms with Gasteiger partial charge in [0.1, 0.15) is 9.88 Å². The number of amides is 1. The molecule has 1 N–H and O–H groups in total. The van der Waals surface area contributed by atoms with E-state index in [1.807, 2.05) is 12.1 Å². The van der Waals surface area contributed by atoms with E-state index in [9.17, 15) is 4.79 Å². The first-order valence-electron chi connectivity index (χ1n) is 8.70. The first-order chi connectivity index (χ1) is 11.6. The number of fused-ring (bicyclic) bond motifs is 3. The maximum Gasteiger partial charge on any atom is 0.263 e. The molecule has 3 aliphatic rings. The minimum absolute atomic E-state index is 0.0259. The van der Waals surface area contributed by atoms with Crippen LogP contribution in [0.15, 0.2) is 30.5 Å². The molecule has 1 amide bonds. The standard InChI is InChI=1S/C19H23N3OS/c1-12-5-3-4-6-15(12)19-20-11-16(24-19)18(23)21-17-13(2)22-9-7-14(17)8-10-22/h3-6,11,13-14,17H,7-10H2,1-2H3,(H,21,23)/t13-,17-/m0/s1. The molecule has 0 saturated carbocycles. The lowest BCUT2D eigenvalue weighted by Crippen LogP contribution is -2.62. The van der Waals surface area contributed by atoms with Crippen molar-refractivity contribution in [3.05, 3.63) is 40.9 Å². The van der Waals surface area contributed by atoms with Crippen LogP contribution >= 0.6 is 11.3 Å². The Bertz CT molecular complexity index is 747. The number of aromatic nitrogens is 1. The van der Waals surface area contributed by atoms with Crippen LogP contribution in [0.25, 0.3) is 10.6 Å². The van der Waals surface area contributed by atoms with Crippen molar-refractivity contribution >= 4 is 17.2 Å². The van der Waals surface area contributed by atoms with Gasteiger partial charge < -0.3 is 5.32 Å². The summed E-state index contributed by atoms with van der Waals surface area (Å²) in [7, 11) is 0. The summed E-state index contributed by atoms with van der Waals surface area (Å²) in [5.41, 5.74) is 2.29. The molecule has 0 aliphatic carbocycles. The zero-order valence-corrected chi connectivity index (χ0v) is 15.0. The molecule has 5 heteroatoms. The molecule has 3 aliphatic heterocycles. The van der Waals surface area contributed by atoms with E-state index in [2.05, 4.69) is 41.2 Å². The molecular weight excluding hydrogens is 318 g/mol. The highest BCUT2D eigenvalue weighted by Crippen LogP contribution is 2.33. The van der Waals surface area contributed by atoms with Crippen molar-refractivity contribution in [2.75, 3.05) is 13.1 Å². The smallest absolute Gasteiger partial charge is 0.263 e. The highest BCUT2D eigenvalue weighted by atomic mass is 32.1. The predicted molar refractivity (Wildman–Crippen MR) is 97.3 cm³/mol. The zero-order chi connectivity index (χ0) is 16.7. The second kappa shape index (κ2) is 6.30. The molecule has 3 fully saturated rings. The first kappa shape index (κ1) is 15.8. The number of nitrogens with zero attached hydrogens (tertiary/aromatic N) is 2. The summed E-state index contributed by atoms with van der Waals surface area (Å²) in [6.07, 6.45) is 4.12. The van der Waals surface area contributed by atoms with Crippen molar-refractivity contribution in [2.24, 2.45) is 5.92 Å². The van der Waals surface area contributed by atoms with Crippen LogP contribution in [-0.2, 0) is 0 Å². The Morgan fingerprint density at radius 2 is 2.04 bits per heavy atom. The summed E-state index contributed by atoms with van der Waals surface area (Å²) in [5, 5.41) is 4.20. The zero-order valence-electron chi connectivity index (χ0n) is 14.2. The van der Waals surface area contributed by atoms with Crippen molar-refractivity contribution in [1.82, 2.24) is 15.2 Å². The SMILES string of the molecule is Cc1ccccc1-c1ncc(C(=O)N[C@@H]2C3CCN(CC3)[C@H]2C)s1. The molecule has 126 valence electrons. The molecule has 0 spiro atoms. The van der Waals surface area contributed by atoms with Gasteiger partial charge in [0.05, 0.1) is 6.20 Å². The minimum atomic E-state index is 0.0259. The van der Waals surface area contributed by atoms with Crippen LogP contribution in [-0.4, -0.2) is 41.0 Å². The average molecular weight is 341 g/mol. The Hall–Kier alpha value is -1.72. The normalized spacial score (nSPS) is 28.8. The molecule has 0 radical (unpaired) electrons. The molecule has 2 atom stereocenters. The Labute approximate surface area is 146 Å². The fourth-order valence-electron chi connectivity index (χ4n) is 4.08. The third-order valence-corrected chi connectivity index (χ3v) is 6.61. The monoisotopic (exact) mass is 341 g/mol. The molecule has 3 saturated heterocycles. The average Bonchev–Trinajstić information content (AvgIpc) is 3.09. The van der Waals surface area contributed by atoms with Gasteiger partial charge in [-0.05, 0) is 51.3 Å². The number of nitrogens with one attached hydrogen (secondary N) is 1. The summed E-state index contributed by atoms with van der Waals surface area (Å²) < 4.78 is 0. The lowest BCUT2D eigenvalue weighted by atomic mass is 9.79. The lowest BCUT2D eigenvalue weighted by Gasteiger charge is -2.49. The van der Waals surface area contributed by atoms with Crippen molar-refractivity contribution < 1.29 is 4.79 Å². The van der Waals surface area contributed by atoms with E-state index in [1.165, 1.54) is 42.8 Å². The number of rotatable bonds is 3. The van der Waals surface area contributed by atoms with Gasteiger partial charge in [-0.3, -0.25) is 9.69 Å². The second-order valence-electron chi connectivity index (χ2n) is 6.96. The summed E-state index contributed by atoms with van der Waals surface area (Å²) >= 11 is 1.48. The molecular formula is C19H23N3OS. The quantitative estimate of drug-likeness (QED) is 0.931. The van der Waals surface area contributed by atoms with Crippen LogP contribution in [0.2, 0.25) is 0 Å². The largest absolute Gasteiger partial charge is 0.347 e. The highest BCUT2D eigenvalue weighted by molar-refractivity contribution is 7.16. The maximum atomic E-state index is 12.7.